The van der Waals surface area contributed by atoms with Gasteiger partial charge in [-0.25, -0.2) is 4.68 Å². The van der Waals surface area contributed by atoms with Gasteiger partial charge in [0.05, 0.1) is 24.2 Å². The number of hydrogen-bond acceptors (Lipinski definition) is 9. The maximum absolute atomic E-state index is 15.0. The number of ether oxygens (including phenoxy) is 2. The number of fused-ring (bicyclic) bond motifs is 4. The molecule has 2 fully saturated rings. The van der Waals surface area contributed by atoms with Crippen molar-refractivity contribution in [2.45, 2.75) is 36.2 Å². The largest absolute Gasteiger partial charge is 0.491 e. The van der Waals surface area contributed by atoms with E-state index in [0.717, 1.165) is 16.6 Å². The number of para-hydroxylation sites is 1. The molecule has 3 aliphatic heterocycles. The number of aliphatic hydroxyl groups excluding tert-OH is 1. The fourth-order valence-electron chi connectivity index (χ4n) is 8.84. The van der Waals surface area contributed by atoms with Crippen molar-refractivity contribution in [3.63, 3.8) is 0 Å². The first kappa shape index (κ1) is 34.9. The Bertz CT molecular complexity index is 2550. The van der Waals surface area contributed by atoms with Crippen LogP contribution in [0.15, 0.2) is 127 Å². The van der Waals surface area contributed by atoms with Gasteiger partial charge >= 0.3 is 11.9 Å². The van der Waals surface area contributed by atoms with E-state index in [1.165, 1.54) is 0 Å². The number of aliphatic carboxylic acids is 1. The first-order valence-electron chi connectivity index (χ1n) is 18.3. The number of amides is 1. The maximum Gasteiger partial charge on any atom is 0.325 e. The highest BCUT2D eigenvalue weighted by molar-refractivity contribution is 6.11. The molecule has 0 saturated carbocycles. The molecule has 0 unspecified atom stereocenters. The molecule has 56 heavy (non-hydrogen) atoms. The molecule has 1 amide bonds. The number of carboxylic acid groups (broad SMARTS) is 1. The second-order valence-corrected chi connectivity index (χ2v) is 14.0. The summed E-state index contributed by atoms with van der Waals surface area (Å²) < 4.78 is 13.8. The number of carbonyl (C=O) groups is 3. The van der Waals surface area contributed by atoms with Gasteiger partial charge < -0.3 is 25.0 Å². The molecule has 3 aliphatic rings. The molecule has 3 N–H and O–H groups in total. The number of aromatic nitrogens is 3. The Morgan fingerprint density at radius 1 is 0.857 bits per heavy atom. The van der Waals surface area contributed by atoms with E-state index in [1.807, 2.05) is 95.9 Å². The summed E-state index contributed by atoms with van der Waals surface area (Å²) in [7, 11) is 0. The molecule has 6 aromatic rings. The molecule has 1 aromatic heterocycles. The third-order valence-corrected chi connectivity index (χ3v) is 11.0. The third kappa shape index (κ3) is 5.59. The van der Waals surface area contributed by atoms with E-state index in [0.29, 0.717) is 33.7 Å². The Kier molecular flexibility index (Phi) is 8.80. The van der Waals surface area contributed by atoms with Gasteiger partial charge in [-0.15, -0.1) is 5.10 Å². The highest BCUT2D eigenvalue weighted by atomic mass is 16.6. The van der Waals surface area contributed by atoms with E-state index in [-0.39, 0.29) is 19.8 Å². The number of nitrogens with zero attached hydrogens (tertiary/aromatic N) is 4. The lowest BCUT2D eigenvalue weighted by molar-refractivity contribution is -0.179. The van der Waals surface area contributed by atoms with Gasteiger partial charge in [0.15, 0.2) is 0 Å². The first-order valence-corrected chi connectivity index (χ1v) is 18.3. The Morgan fingerprint density at radius 3 is 2.36 bits per heavy atom. The van der Waals surface area contributed by atoms with Gasteiger partial charge in [-0.05, 0) is 64.7 Å². The minimum Gasteiger partial charge on any atom is -0.491 e. The average Bonchev–Trinajstić information content (AvgIpc) is 3.88. The molecule has 5 aromatic carbocycles. The SMILES string of the molecule is O=C1O[C@@H](c2ccccc2)[C@@H](c2ccccc2)N2[C@@H](c3cccc(OCCO)c3)[C@]3(C(=O)Nc4ccc(C#CCn5nnc6ccccc65)cc43)[C@@H](C(=O)O)[C@H]12. The number of cyclic esters (lactones) is 1. The Morgan fingerprint density at radius 2 is 1.59 bits per heavy atom. The van der Waals surface area contributed by atoms with Gasteiger partial charge in [0.2, 0.25) is 5.91 Å². The topological polar surface area (TPSA) is 156 Å². The number of carbonyl (C=O) groups excluding carboxylic acids is 2. The van der Waals surface area contributed by atoms with Gasteiger partial charge in [-0.1, -0.05) is 102 Å². The lowest BCUT2D eigenvalue weighted by Crippen LogP contribution is -2.52. The van der Waals surface area contributed by atoms with Crippen LogP contribution in [-0.4, -0.2) is 67.2 Å². The highest BCUT2D eigenvalue weighted by Gasteiger charge is 2.74. The number of benzene rings is 5. The van der Waals surface area contributed by atoms with Gasteiger partial charge in [0, 0.05) is 11.3 Å². The molecule has 0 aliphatic carbocycles. The van der Waals surface area contributed by atoms with Crippen molar-refractivity contribution in [2.24, 2.45) is 5.92 Å². The summed E-state index contributed by atoms with van der Waals surface area (Å²) in [5.74, 6) is 2.55. The van der Waals surface area contributed by atoms with E-state index < -0.39 is 53.4 Å². The van der Waals surface area contributed by atoms with Crippen molar-refractivity contribution >= 4 is 34.6 Å². The van der Waals surface area contributed by atoms with Crippen LogP contribution in [0.4, 0.5) is 5.69 Å². The predicted octanol–water partition coefficient (Wildman–Crippen LogP) is 5.21. The van der Waals surface area contributed by atoms with Crippen LogP contribution in [0.3, 0.4) is 0 Å². The maximum atomic E-state index is 15.0. The van der Waals surface area contributed by atoms with Crippen LogP contribution in [0, 0.1) is 17.8 Å². The number of aliphatic hydroxyl groups is 1. The number of carboxylic acids is 1. The van der Waals surface area contributed by atoms with Crippen LogP contribution in [-0.2, 0) is 31.1 Å². The first-order chi connectivity index (χ1) is 27.4. The number of esters is 1. The number of hydrogen-bond donors (Lipinski definition) is 3. The fourth-order valence-corrected chi connectivity index (χ4v) is 8.84. The van der Waals surface area contributed by atoms with Crippen molar-refractivity contribution in [2.75, 3.05) is 18.5 Å². The average molecular weight is 746 g/mol. The molecule has 4 heterocycles. The van der Waals surface area contributed by atoms with Crippen LogP contribution < -0.4 is 10.1 Å². The summed E-state index contributed by atoms with van der Waals surface area (Å²) in [5, 5.41) is 32.3. The minimum absolute atomic E-state index is 0.0220. The normalized spacial score (nSPS) is 23.8. The summed E-state index contributed by atoms with van der Waals surface area (Å²) in [4.78, 5) is 45.3. The summed E-state index contributed by atoms with van der Waals surface area (Å²) >= 11 is 0. The third-order valence-electron chi connectivity index (χ3n) is 11.0. The van der Waals surface area contributed by atoms with Gasteiger partial charge in [0.1, 0.15) is 47.9 Å². The Hall–Kier alpha value is -6.81. The summed E-state index contributed by atoms with van der Waals surface area (Å²) in [6.45, 7) is 0.0384. The summed E-state index contributed by atoms with van der Waals surface area (Å²) in [6, 6.07) is 35.6. The van der Waals surface area contributed by atoms with Crippen LogP contribution in [0.2, 0.25) is 0 Å². The minimum atomic E-state index is -1.85. The Labute approximate surface area is 321 Å². The fraction of sp³-hybridized carbons (Fsp3) is 0.205. The van der Waals surface area contributed by atoms with Crippen molar-refractivity contribution in [1.82, 2.24) is 19.9 Å². The number of morpholine rings is 1. The molecular weight excluding hydrogens is 711 g/mol. The molecule has 12 nitrogen and oxygen atoms in total. The van der Waals surface area contributed by atoms with Crippen molar-refractivity contribution in [3.05, 3.63) is 155 Å². The van der Waals surface area contributed by atoms with Crippen LogP contribution in [0.5, 0.6) is 5.75 Å². The van der Waals surface area contributed by atoms with E-state index >= 15 is 0 Å². The molecule has 6 atom stereocenters. The van der Waals surface area contributed by atoms with Gasteiger partial charge in [-0.3, -0.25) is 19.3 Å². The van der Waals surface area contributed by atoms with E-state index in [4.69, 9.17) is 9.47 Å². The predicted molar refractivity (Wildman–Crippen MR) is 204 cm³/mol. The highest BCUT2D eigenvalue weighted by Crippen LogP contribution is 2.64. The lowest BCUT2D eigenvalue weighted by atomic mass is 9.65. The van der Waals surface area contributed by atoms with Crippen LogP contribution in [0.25, 0.3) is 11.0 Å². The standard InChI is InChI=1S/C44H35N5O7/c50-23-24-55-31-17-9-16-30(26-31)40-44(32-25-27(20-21-33(32)45-43(44)54)11-10-22-48-35-19-8-7-18-34(35)46-47-48)36(41(51)52)38-42(53)56-39(29-14-5-2-6-15-29)37(49(38)40)28-12-3-1-4-13-28/h1-9,12-21,25-26,36-40,50H,22-24H2,(H,45,54)(H,51,52)/t36-,37-,38-,39+,40+,44-/m1/s1. The molecule has 1 spiro atoms. The second-order valence-electron chi connectivity index (χ2n) is 14.0. The summed E-state index contributed by atoms with van der Waals surface area (Å²) in [5.41, 5.74) is 3.15. The van der Waals surface area contributed by atoms with Crippen LogP contribution in [0.1, 0.15) is 46.0 Å². The number of anilines is 1. The van der Waals surface area contributed by atoms with E-state index in [9.17, 15) is 24.6 Å². The number of rotatable bonds is 8. The number of nitrogens with one attached hydrogen (secondary N) is 1. The molecule has 9 rings (SSSR count). The van der Waals surface area contributed by atoms with Crippen molar-refractivity contribution < 1.29 is 34.1 Å². The van der Waals surface area contributed by atoms with Crippen molar-refractivity contribution in [3.8, 4) is 17.6 Å². The zero-order valence-electron chi connectivity index (χ0n) is 29.9. The van der Waals surface area contributed by atoms with E-state index in [1.54, 1.807) is 41.1 Å². The zero-order chi connectivity index (χ0) is 38.4. The molecule has 0 radical (unpaired) electrons. The van der Waals surface area contributed by atoms with Crippen molar-refractivity contribution in [1.29, 1.82) is 0 Å². The zero-order valence-corrected chi connectivity index (χ0v) is 29.9. The second kappa shape index (κ2) is 14.1. The van der Waals surface area contributed by atoms with Crippen LogP contribution >= 0.6 is 0 Å². The summed E-state index contributed by atoms with van der Waals surface area (Å²) in [6.07, 6.45) is -0.850. The van der Waals surface area contributed by atoms with Gasteiger partial charge in [0.25, 0.3) is 0 Å². The molecule has 2 saturated heterocycles. The molecule has 0 bridgehead atoms. The van der Waals surface area contributed by atoms with Gasteiger partial charge in [-0.2, -0.15) is 0 Å². The monoisotopic (exact) mass is 745 g/mol. The molecular formula is C44H35N5O7. The molecule has 278 valence electrons. The smallest absolute Gasteiger partial charge is 0.325 e. The van der Waals surface area contributed by atoms with E-state index in [2.05, 4.69) is 27.5 Å². The quantitative estimate of drug-likeness (QED) is 0.140. The molecule has 12 heteroatoms. The Balaban J connectivity index is 1.26. The lowest BCUT2D eigenvalue weighted by Gasteiger charge is -2.46.